The Labute approximate surface area is 190 Å². The Bertz CT molecular complexity index is 1090. The number of carbonyl (C=O) groups excluding carboxylic acids is 1. The van der Waals surface area contributed by atoms with Crippen molar-refractivity contribution in [3.63, 3.8) is 0 Å². The molecule has 0 radical (unpaired) electrons. The lowest BCUT2D eigenvalue weighted by Gasteiger charge is -2.25. The minimum atomic E-state index is -1.12. The molecule has 32 heavy (non-hydrogen) atoms. The maximum absolute atomic E-state index is 14.3. The summed E-state index contributed by atoms with van der Waals surface area (Å²) < 4.78 is 14.3. The number of aromatic nitrogens is 2. The molecule has 1 aliphatic heterocycles. The summed E-state index contributed by atoms with van der Waals surface area (Å²) in [6, 6.07) is 7.30. The van der Waals surface area contributed by atoms with Crippen LogP contribution in [0.3, 0.4) is 0 Å². The second-order valence-electron chi connectivity index (χ2n) is 7.47. The highest BCUT2D eigenvalue weighted by molar-refractivity contribution is 8.00. The molecule has 2 aromatic rings. The van der Waals surface area contributed by atoms with Gasteiger partial charge in [0, 0.05) is 31.4 Å². The first-order valence-corrected chi connectivity index (χ1v) is 11.2. The number of nitrogens with zero attached hydrogens (tertiary/aromatic N) is 6. The molecule has 1 amide bonds. The molecule has 3 rings (SSSR count). The molecule has 1 saturated heterocycles. The van der Waals surface area contributed by atoms with Gasteiger partial charge in [-0.2, -0.15) is 14.9 Å². The van der Waals surface area contributed by atoms with Crippen molar-refractivity contribution in [2.45, 2.75) is 30.0 Å². The van der Waals surface area contributed by atoms with E-state index in [-0.39, 0.29) is 16.2 Å². The van der Waals surface area contributed by atoms with Crippen LogP contribution in [-0.4, -0.2) is 54.0 Å². The molecule has 0 aliphatic carbocycles. The summed E-state index contributed by atoms with van der Waals surface area (Å²) in [6.07, 6.45) is 2.62. The molecule has 3 heterocycles. The van der Waals surface area contributed by atoms with Crippen molar-refractivity contribution in [3.8, 4) is 12.1 Å². The molecule has 0 aromatic carbocycles. The standard InChI is InChI=1S/C22H24FN7OS/c1-3-14-16(12-24)21(30-9-5-8-29(2)10-11-30)28-22(17(14)13-25)32-18(20(26)31)15-6-4-7-27-19(15)23/h4,6-7,18H,3,5,8-11H2,1-2H3,(H2,26,31). The highest BCUT2D eigenvalue weighted by Crippen LogP contribution is 2.40. The highest BCUT2D eigenvalue weighted by Gasteiger charge is 2.29. The second kappa shape index (κ2) is 10.4. The fourth-order valence-corrected chi connectivity index (χ4v) is 4.80. The van der Waals surface area contributed by atoms with Gasteiger partial charge in [0.05, 0.1) is 11.1 Å². The Morgan fingerprint density at radius 3 is 2.66 bits per heavy atom. The Hall–Kier alpha value is -3.21. The van der Waals surface area contributed by atoms with Crippen molar-refractivity contribution >= 4 is 23.5 Å². The van der Waals surface area contributed by atoms with Crippen LogP contribution in [0.4, 0.5) is 10.2 Å². The summed E-state index contributed by atoms with van der Waals surface area (Å²) in [5.74, 6) is -1.09. The van der Waals surface area contributed by atoms with Gasteiger partial charge in [-0.15, -0.1) is 0 Å². The lowest BCUT2D eigenvalue weighted by molar-refractivity contribution is -0.117. The van der Waals surface area contributed by atoms with E-state index >= 15 is 0 Å². The van der Waals surface area contributed by atoms with Gasteiger partial charge in [-0.25, -0.2) is 9.97 Å². The summed E-state index contributed by atoms with van der Waals surface area (Å²) >= 11 is 0.913. The molecule has 10 heteroatoms. The minimum Gasteiger partial charge on any atom is -0.368 e. The van der Waals surface area contributed by atoms with Gasteiger partial charge in [-0.3, -0.25) is 4.79 Å². The summed E-state index contributed by atoms with van der Waals surface area (Å²) in [7, 11) is 2.04. The van der Waals surface area contributed by atoms with Crippen LogP contribution >= 0.6 is 11.8 Å². The number of carbonyl (C=O) groups is 1. The number of primary amides is 1. The third-order valence-electron chi connectivity index (χ3n) is 5.40. The molecule has 2 aromatic heterocycles. The van der Waals surface area contributed by atoms with Crippen LogP contribution in [0.25, 0.3) is 0 Å². The number of hydrogen-bond donors (Lipinski definition) is 1. The van der Waals surface area contributed by atoms with Crippen LogP contribution in [0.1, 0.15) is 40.8 Å². The van der Waals surface area contributed by atoms with Crippen molar-refractivity contribution < 1.29 is 9.18 Å². The molecule has 0 saturated carbocycles. The molecule has 1 unspecified atom stereocenters. The van der Waals surface area contributed by atoms with Crippen LogP contribution in [0, 0.1) is 28.6 Å². The topological polar surface area (TPSA) is 123 Å². The van der Waals surface area contributed by atoms with Crippen LogP contribution in [0.15, 0.2) is 23.4 Å². The van der Waals surface area contributed by atoms with E-state index in [0.29, 0.717) is 36.5 Å². The summed E-state index contributed by atoms with van der Waals surface area (Å²) in [5, 5.41) is 18.9. The monoisotopic (exact) mass is 453 g/mol. The fraction of sp³-hybridized carbons (Fsp3) is 0.409. The first kappa shape index (κ1) is 23.5. The van der Waals surface area contributed by atoms with Gasteiger partial charge in [0.1, 0.15) is 28.2 Å². The van der Waals surface area contributed by atoms with Crippen molar-refractivity contribution in [2.75, 3.05) is 38.1 Å². The number of likely N-dealkylation sites (N-methyl/N-ethyl adjacent to an activating group) is 1. The van der Waals surface area contributed by atoms with E-state index in [9.17, 15) is 19.7 Å². The van der Waals surface area contributed by atoms with E-state index in [1.54, 1.807) is 0 Å². The minimum absolute atomic E-state index is 0.0241. The van der Waals surface area contributed by atoms with Crippen LogP contribution in [0.2, 0.25) is 0 Å². The first-order chi connectivity index (χ1) is 15.4. The van der Waals surface area contributed by atoms with E-state index in [0.717, 1.165) is 31.3 Å². The maximum atomic E-state index is 14.3. The molecule has 8 nitrogen and oxygen atoms in total. The van der Waals surface area contributed by atoms with E-state index in [4.69, 9.17) is 5.73 Å². The number of amides is 1. The van der Waals surface area contributed by atoms with Gasteiger partial charge in [0.25, 0.3) is 0 Å². The molecule has 2 N–H and O–H groups in total. The van der Waals surface area contributed by atoms with E-state index in [1.165, 1.54) is 18.3 Å². The Morgan fingerprint density at radius 2 is 2.03 bits per heavy atom. The number of hydrogen-bond acceptors (Lipinski definition) is 8. The highest BCUT2D eigenvalue weighted by atomic mass is 32.2. The molecular formula is C22H24FN7OS. The molecular weight excluding hydrogens is 429 g/mol. The Kier molecular flexibility index (Phi) is 7.62. The van der Waals surface area contributed by atoms with Crippen molar-refractivity contribution in [2.24, 2.45) is 5.73 Å². The van der Waals surface area contributed by atoms with E-state index in [2.05, 4.69) is 27.0 Å². The van der Waals surface area contributed by atoms with Gasteiger partial charge in [0.2, 0.25) is 11.9 Å². The smallest absolute Gasteiger partial charge is 0.235 e. The maximum Gasteiger partial charge on any atom is 0.235 e. The predicted molar refractivity (Wildman–Crippen MR) is 119 cm³/mol. The van der Waals surface area contributed by atoms with Gasteiger partial charge in [-0.1, -0.05) is 24.8 Å². The van der Waals surface area contributed by atoms with Gasteiger partial charge in [0.15, 0.2) is 0 Å². The second-order valence-corrected chi connectivity index (χ2v) is 8.57. The first-order valence-electron chi connectivity index (χ1n) is 10.3. The third-order valence-corrected chi connectivity index (χ3v) is 6.64. The zero-order valence-corrected chi connectivity index (χ0v) is 18.8. The lowest BCUT2D eigenvalue weighted by atomic mass is 10.0. The average Bonchev–Trinajstić information content (AvgIpc) is 3.01. The summed E-state index contributed by atoms with van der Waals surface area (Å²) in [5.41, 5.74) is 6.75. The fourth-order valence-electron chi connectivity index (χ4n) is 3.74. The van der Waals surface area contributed by atoms with Gasteiger partial charge >= 0.3 is 0 Å². The SMILES string of the molecule is CCc1c(C#N)c(SC(C(N)=O)c2cccnc2F)nc(N2CCCN(C)CC2)c1C#N. The number of nitriles is 2. The van der Waals surface area contributed by atoms with Crippen LogP contribution in [0.5, 0.6) is 0 Å². The van der Waals surface area contributed by atoms with Crippen molar-refractivity contribution in [1.29, 1.82) is 10.5 Å². The van der Waals surface area contributed by atoms with Gasteiger partial charge < -0.3 is 15.5 Å². The molecule has 1 atom stereocenters. The zero-order valence-electron chi connectivity index (χ0n) is 18.0. The third kappa shape index (κ3) is 4.82. The Balaban J connectivity index is 2.14. The number of pyridine rings is 2. The Morgan fingerprint density at radius 1 is 1.28 bits per heavy atom. The predicted octanol–water partition coefficient (Wildman–Crippen LogP) is 2.38. The van der Waals surface area contributed by atoms with Crippen molar-refractivity contribution in [3.05, 3.63) is 46.5 Å². The number of thioether (sulfide) groups is 1. The number of nitrogens with two attached hydrogens (primary N) is 1. The van der Waals surface area contributed by atoms with Gasteiger partial charge in [-0.05, 0) is 38.1 Å². The van der Waals surface area contributed by atoms with Crippen LogP contribution < -0.4 is 10.6 Å². The normalized spacial score (nSPS) is 15.5. The molecule has 1 fully saturated rings. The molecule has 0 spiro atoms. The van der Waals surface area contributed by atoms with E-state index < -0.39 is 17.1 Å². The number of rotatable bonds is 6. The van der Waals surface area contributed by atoms with E-state index in [1.807, 2.05) is 18.9 Å². The van der Waals surface area contributed by atoms with Crippen LogP contribution in [-0.2, 0) is 11.2 Å². The molecule has 0 bridgehead atoms. The number of halogens is 1. The largest absolute Gasteiger partial charge is 0.368 e. The summed E-state index contributed by atoms with van der Waals surface area (Å²) in [6.45, 7) is 4.98. The molecule has 166 valence electrons. The van der Waals surface area contributed by atoms with Crippen molar-refractivity contribution in [1.82, 2.24) is 14.9 Å². The lowest BCUT2D eigenvalue weighted by Crippen LogP contribution is -2.30. The summed E-state index contributed by atoms with van der Waals surface area (Å²) in [4.78, 5) is 24.7. The zero-order chi connectivity index (χ0) is 23.3. The molecule has 1 aliphatic rings. The quantitative estimate of drug-likeness (QED) is 0.522. The number of anilines is 1. The average molecular weight is 454 g/mol.